The van der Waals surface area contributed by atoms with Gasteiger partial charge in [0, 0.05) is 6.42 Å². The van der Waals surface area contributed by atoms with Crippen LogP contribution in [-0.4, -0.2) is 46.9 Å². The van der Waals surface area contributed by atoms with Gasteiger partial charge in [-0.25, -0.2) is 0 Å². The Balaban J connectivity index is 4.65. The quantitative estimate of drug-likeness (QED) is 0.0334. The van der Waals surface area contributed by atoms with Crippen LogP contribution in [0, 0.1) is 0 Å². The molecule has 52 heavy (non-hydrogen) atoms. The fourth-order valence-corrected chi connectivity index (χ4v) is 6.44. The van der Waals surface area contributed by atoms with Crippen LogP contribution in [0.15, 0.2) is 48.6 Å². The number of ether oxygens (including phenoxy) is 1. The first kappa shape index (κ1) is 49.8. The van der Waals surface area contributed by atoms with Crippen LogP contribution in [0.3, 0.4) is 0 Å². The van der Waals surface area contributed by atoms with E-state index < -0.39 is 18.2 Å². The smallest absolute Gasteiger partial charge is 0.306 e. The third-order valence-electron chi connectivity index (χ3n) is 9.77. The Labute approximate surface area is 321 Å². The topological polar surface area (TPSA) is 95.9 Å². The van der Waals surface area contributed by atoms with Crippen LogP contribution in [-0.2, 0) is 14.3 Å². The van der Waals surface area contributed by atoms with Gasteiger partial charge in [0.1, 0.15) is 6.10 Å². The second-order valence-electron chi connectivity index (χ2n) is 14.8. The highest BCUT2D eigenvalue weighted by Gasteiger charge is 2.24. The van der Waals surface area contributed by atoms with Gasteiger partial charge in [0.2, 0.25) is 5.91 Å². The van der Waals surface area contributed by atoms with Crippen molar-refractivity contribution in [3.05, 3.63) is 48.6 Å². The molecule has 0 radical (unpaired) electrons. The number of allylic oxidation sites excluding steroid dienone is 8. The van der Waals surface area contributed by atoms with Crippen LogP contribution in [0.2, 0.25) is 0 Å². The van der Waals surface area contributed by atoms with Crippen LogP contribution in [0.4, 0.5) is 0 Å². The van der Waals surface area contributed by atoms with Crippen LogP contribution < -0.4 is 5.32 Å². The van der Waals surface area contributed by atoms with Crippen LogP contribution in [0.5, 0.6) is 0 Å². The summed E-state index contributed by atoms with van der Waals surface area (Å²) in [6, 6.07) is -0.705. The van der Waals surface area contributed by atoms with Crippen molar-refractivity contribution in [2.45, 2.75) is 225 Å². The number of hydrogen-bond donors (Lipinski definition) is 3. The molecule has 0 heterocycles. The highest BCUT2D eigenvalue weighted by Crippen LogP contribution is 2.17. The number of aliphatic hydroxyl groups is 2. The van der Waals surface area contributed by atoms with Crippen molar-refractivity contribution in [2.75, 3.05) is 6.61 Å². The van der Waals surface area contributed by atoms with Gasteiger partial charge in [-0.05, 0) is 44.9 Å². The minimum atomic E-state index is -0.790. The Morgan fingerprint density at radius 3 is 1.56 bits per heavy atom. The summed E-state index contributed by atoms with van der Waals surface area (Å²) in [5, 5.41) is 23.6. The van der Waals surface area contributed by atoms with E-state index in [0.717, 1.165) is 70.6 Å². The lowest BCUT2D eigenvalue weighted by Gasteiger charge is -2.24. The summed E-state index contributed by atoms with van der Waals surface area (Å²) in [7, 11) is 0. The molecule has 0 rings (SSSR count). The number of carbonyl (C=O) groups excluding carboxylic acids is 2. The molecule has 3 N–H and O–H groups in total. The summed E-state index contributed by atoms with van der Waals surface area (Å²) in [4.78, 5) is 25.9. The zero-order valence-corrected chi connectivity index (χ0v) is 34.2. The van der Waals surface area contributed by atoms with E-state index >= 15 is 0 Å². The summed E-state index contributed by atoms with van der Waals surface area (Å²) in [5.41, 5.74) is 0. The zero-order chi connectivity index (χ0) is 38.2. The van der Waals surface area contributed by atoms with Gasteiger partial charge in [-0.2, -0.15) is 0 Å². The number of rotatable bonds is 38. The second-order valence-corrected chi connectivity index (χ2v) is 14.8. The van der Waals surface area contributed by atoms with Gasteiger partial charge in [-0.15, -0.1) is 0 Å². The highest BCUT2D eigenvalue weighted by atomic mass is 16.5. The summed E-state index contributed by atoms with van der Waals surface area (Å²) in [6.45, 7) is 6.29. The van der Waals surface area contributed by atoms with Crippen molar-refractivity contribution in [3.63, 3.8) is 0 Å². The maximum absolute atomic E-state index is 13.1. The lowest BCUT2D eigenvalue weighted by molar-refractivity contribution is -0.151. The van der Waals surface area contributed by atoms with Gasteiger partial charge < -0.3 is 20.3 Å². The molecule has 1 amide bonds. The van der Waals surface area contributed by atoms with E-state index in [-0.39, 0.29) is 24.9 Å². The highest BCUT2D eigenvalue weighted by molar-refractivity contribution is 5.77. The molecule has 0 aromatic rings. The molecule has 0 spiro atoms. The van der Waals surface area contributed by atoms with Gasteiger partial charge in [0.05, 0.1) is 25.2 Å². The van der Waals surface area contributed by atoms with E-state index in [0.29, 0.717) is 19.3 Å². The zero-order valence-electron chi connectivity index (χ0n) is 34.2. The molecule has 3 unspecified atom stereocenters. The molecule has 0 aliphatic rings. The average Bonchev–Trinajstić information content (AvgIpc) is 3.13. The van der Waals surface area contributed by atoms with E-state index in [1.807, 2.05) is 30.4 Å². The SMILES string of the molecule is CC/C=C/C=C/C=C\C=C/CCCCCC(=O)OC(CCCCCCCCCCCC)CC(=O)NC(CO)C(O)CCCCCCCCCCCC. The van der Waals surface area contributed by atoms with Crippen LogP contribution in [0.1, 0.15) is 207 Å². The van der Waals surface area contributed by atoms with Crippen molar-refractivity contribution < 1.29 is 24.5 Å². The fraction of sp³-hybridized carbons (Fsp3) is 0.783. The second kappa shape index (κ2) is 40.0. The molecule has 0 bridgehead atoms. The van der Waals surface area contributed by atoms with Crippen molar-refractivity contribution >= 4 is 11.9 Å². The third-order valence-corrected chi connectivity index (χ3v) is 9.77. The molecule has 0 aromatic heterocycles. The molecule has 6 heteroatoms. The molecule has 0 aliphatic heterocycles. The predicted octanol–water partition coefficient (Wildman–Crippen LogP) is 12.3. The minimum absolute atomic E-state index is 0.0625. The standard InChI is InChI=1S/C46H83NO5/c1-4-7-10-13-16-19-22-23-24-27-30-33-36-39-46(51)52-42(37-34-31-28-25-20-17-14-11-8-5-2)40-45(50)47-43(41-48)44(49)38-35-32-29-26-21-18-15-12-9-6-3/h7,10,13,16,19,22-24,42-44,48-49H,4-6,8-9,11-12,14-15,17-18,20-21,25-41H2,1-3H3,(H,47,50)/b10-7+,16-13+,22-19-,24-23-. The minimum Gasteiger partial charge on any atom is -0.462 e. The van der Waals surface area contributed by atoms with Gasteiger partial charge in [0.25, 0.3) is 0 Å². The summed E-state index contributed by atoms with van der Waals surface area (Å²) >= 11 is 0. The largest absolute Gasteiger partial charge is 0.462 e. The van der Waals surface area contributed by atoms with Crippen molar-refractivity contribution in [1.82, 2.24) is 5.32 Å². The molecule has 0 aromatic carbocycles. The summed E-state index contributed by atoms with van der Waals surface area (Å²) < 4.78 is 5.87. The molecular formula is C46H83NO5. The molecule has 0 saturated heterocycles. The number of aliphatic hydroxyl groups excluding tert-OH is 2. The molecule has 6 nitrogen and oxygen atoms in total. The van der Waals surface area contributed by atoms with Gasteiger partial charge >= 0.3 is 5.97 Å². The lowest BCUT2D eigenvalue weighted by Crippen LogP contribution is -2.46. The number of hydrogen-bond acceptors (Lipinski definition) is 5. The first-order chi connectivity index (χ1) is 25.5. The normalized spacial score (nSPS) is 13.9. The summed E-state index contributed by atoms with van der Waals surface area (Å²) in [5.74, 6) is -0.522. The molecule has 0 saturated carbocycles. The summed E-state index contributed by atoms with van der Waals surface area (Å²) in [6.07, 6.45) is 46.0. The van der Waals surface area contributed by atoms with Crippen molar-refractivity contribution in [3.8, 4) is 0 Å². The number of amides is 1. The molecule has 302 valence electrons. The van der Waals surface area contributed by atoms with E-state index in [4.69, 9.17) is 4.74 Å². The number of unbranched alkanes of at least 4 members (excludes halogenated alkanes) is 21. The Morgan fingerprint density at radius 2 is 1.04 bits per heavy atom. The Hall–Kier alpha value is -2.18. The van der Waals surface area contributed by atoms with Crippen molar-refractivity contribution in [1.29, 1.82) is 0 Å². The van der Waals surface area contributed by atoms with E-state index in [9.17, 15) is 19.8 Å². The number of carbonyl (C=O) groups is 2. The number of nitrogens with one attached hydrogen (secondary N) is 1. The van der Waals surface area contributed by atoms with Crippen LogP contribution >= 0.6 is 0 Å². The van der Waals surface area contributed by atoms with Gasteiger partial charge in [0.15, 0.2) is 0 Å². The fourth-order valence-electron chi connectivity index (χ4n) is 6.44. The lowest BCUT2D eigenvalue weighted by atomic mass is 10.0. The van der Waals surface area contributed by atoms with Gasteiger partial charge in [-0.1, -0.05) is 198 Å². The predicted molar refractivity (Wildman–Crippen MR) is 222 cm³/mol. The van der Waals surface area contributed by atoms with E-state index in [1.165, 1.54) is 89.9 Å². The van der Waals surface area contributed by atoms with Crippen molar-refractivity contribution in [2.24, 2.45) is 0 Å². The molecule has 0 fully saturated rings. The number of esters is 1. The first-order valence-electron chi connectivity index (χ1n) is 21.9. The average molecular weight is 730 g/mol. The Kier molecular flexibility index (Phi) is 38.3. The Morgan fingerprint density at radius 1 is 0.577 bits per heavy atom. The Bertz CT molecular complexity index is 910. The molecule has 3 atom stereocenters. The van der Waals surface area contributed by atoms with E-state index in [1.54, 1.807) is 0 Å². The first-order valence-corrected chi connectivity index (χ1v) is 21.9. The molecule has 0 aliphatic carbocycles. The third kappa shape index (κ3) is 34.9. The monoisotopic (exact) mass is 730 g/mol. The van der Waals surface area contributed by atoms with E-state index in [2.05, 4.69) is 44.3 Å². The van der Waals surface area contributed by atoms with Crippen LogP contribution in [0.25, 0.3) is 0 Å². The van der Waals surface area contributed by atoms with Gasteiger partial charge in [-0.3, -0.25) is 9.59 Å². The maximum atomic E-state index is 13.1. The maximum Gasteiger partial charge on any atom is 0.306 e. The molecular weight excluding hydrogens is 647 g/mol.